The molecule has 3 saturated carbocycles. The van der Waals surface area contributed by atoms with Crippen molar-refractivity contribution in [2.24, 2.45) is 5.92 Å². The van der Waals surface area contributed by atoms with Crippen molar-refractivity contribution in [3.05, 3.63) is 34.4 Å². The number of rotatable bonds is 3. The molecule has 0 heterocycles. The number of sulfone groups is 1. The molecule has 0 atom stereocenters. The second-order valence-electron chi connectivity index (χ2n) is 4.92. The van der Waals surface area contributed by atoms with Crippen molar-refractivity contribution in [2.45, 2.75) is 28.9 Å². The van der Waals surface area contributed by atoms with Crippen molar-refractivity contribution in [1.82, 2.24) is 0 Å². The minimum absolute atomic E-state index is 0.0819. The third-order valence-corrected chi connectivity index (χ3v) is 6.44. The Kier molecular flexibility index (Phi) is 1.93. The quantitative estimate of drug-likeness (QED) is 0.609. The minimum Gasteiger partial charge on any atom is -0.258 e. The fourth-order valence-electron chi connectivity index (χ4n) is 2.73. The number of hydrogen-bond acceptors (Lipinski definition) is 4. The summed E-state index contributed by atoms with van der Waals surface area (Å²) in [5.41, 5.74) is -0.0819. The minimum atomic E-state index is -3.30. The molecular formula is C11H11NO4S. The monoisotopic (exact) mass is 253 g/mol. The Morgan fingerprint density at radius 3 is 2.06 bits per heavy atom. The van der Waals surface area contributed by atoms with Crippen LogP contribution in [0.2, 0.25) is 0 Å². The topological polar surface area (TPSA) is 77.3 Å². The number of nitrogens with zero attached hydrogens (tertiary/aromatic N) is 1. The van der Waals surface area contributed by atoms with Crippen LogP contribution in [0.25, 0.3) is 0 Å². The van der Waals surface area contributed by atoms with E-state index in [-0.39, 0.29) is 10.6 Å². The predicted molar refractivity (Wildman–Crippen MR) is 60.4 cm³/mol. The van der Waals surface area contributed by atoms with Gasteiger partial charge in [0.05, 0.1) is 14.6 Å². The van der Waals surface area contributed by atoms with Crippen LogP contribution < -0.4 is 0 Å². The third-order valence-electron chi connectivity index (χ3n) is 3.91. The summed E-state index contributed by atoms with van der Waals surface area (Å²) in [6.45, 7) is 0. The summed E-state index contributed by atoms with van der Waals surface area (Å²) >= 11 is 0. The van der Waals surface area contributed by atoms with Crippen LogP contribution in [-0.4, -0.2) is 18.1 Å². The molecule has 17 heavy (non-hydrogen) atoms. The maximum Gasteiger partial charge on any atom is 0.269 e. The Balaban J connectivity index is 1.96. The van der Waals surface area contributed by atoms with Crippen molar-refractivity contribution in [2.75, 3.05) is 0 Å². The summed E-state index contributed by atoms with van der Waals surface area (Å²) in [4.78, 5) is 10.2. The van der Waals surface area contributed by atoms with Gasteiger partial charge in [0.25, 0.3) is 5.69 Å². The molecule has 0 radical (unpaired) electrons. The van der Waals surface area contributed by atoms with Crippen molar-refractivity contribution >= 4 is 15.5 Å². The Bertz CT molecular complexity index is 573. The highest BCUT2D eigenvalue weighted by Gasteiger charge is 2.64. The summed E-state index contributed by atoms with van der Waals surface area (Å²) in [5.74, 6) is 0.586. The number of nitro groups is 1. The third kappa shape index (κ3) is 1.27. The molecule has 3 aliphatic rings. The SMILES string of the molecule is O=[N+]([O-])c1ccc(S(=O)(=O)C23CC(C2)C3)cc1. The van der Waals surface area contributed by atoms with Gasteiger partial charge in [-0.25, -0.2) is 8.42 Å². The van der Waals surface area contributed by atoms with E-state index in [1.54, 1.807) is 0 Å². The Labute approximate surface area is 98.5 Å². The van der Waals surface area contributed by atoms with Crippen molar-refractivity contribution in [3.8, 4) is 0 Å². The van der Waals surface area contributed by atoms with Gasteiger partial charge in [-0.2, -0.15) is 0 Å². The lowest BCUT2D eigenvalue weighted by molar-refractivity contribution is -0.384. The molecule has 0 amide bonds. The Morgan fingerprint density at radius 2 is 1.71 bits per heavy atom. The van der Waals surface area contributed by atoms with Crippen LogP contribution in [0.4, 0.5) is 5.69 Å². The van der Waals surface area contributed by atoms with E-state index in [0.717, 1.165) is 19.3 Å². The fraction of sp³-hybridized carbons (Fsp3) is 0.455. The van der Waals surface area contributed by atoms with Crippen LogP contribution in [0, 0.1) is 16.0 Å². The molecule has 0 aromatic heterocycles. The summed E-state index contributed by atoms with van der Waals surface area (Å²) in [6.07, 6.45) is 2.27. The highest BCUT2D eigenvalue weighted by atomic mass is 32.2. The molecule has 0 N–H and O–H groups in total. The number of hydrogen-bond donors (Lipinski definition) is 0. The predicted octanol–water partition coefficient (Wildman–Crippen LogP) is 1.92. The summed E-state index contributed by atoms with van der Waals surface area (Å²) in [5, 5.41) is 10.5. The van der Waals surface area contributed by atoms with Gasteiger partial charge < -0.3 is 0 Å². The van der Waals surface area contributed by atoms with E-state index in [1.807, 2.05) is 0 Å². The first-order chi connectivity index (χ1) is 7.95. The second-order valence-corrected chi connectivity index (χ2v) is 7.26. The van der Waals surface area contributed by atoms with Gasteiger partial charge in [0.15, 0.2) is 9.84 Å². The van der Waals surface area contributed by atoms with Gasteiger partial charge >= 0.3 is 0 Å². The first kappa shape index (κ1) is 10.7. The zero-order valence-electron chi connectivity index (χ0n) is 9.00. The first-order valence-corrected chi connectivity index (χ1v) is 6.92. The van der Waals surface area contributed by atoms with E-state index in [0.29, 0.717) is 5.92 Å². The standard InChI is InChI=1S/C11H11NO4S/c13-12(14)9-1-3-10(4-2-9)17(15,16)11-5-8(6-11)7-11/h1-4,8H,5-7H2. The Hall–Kier alpha value is -1.43. The van der Waals surface area contributed by atoms with Gasteiger partial charge in [-0.05, 0) is 37.3 Å². The molecule has 1 aromatic rings. The van der Waals surface area contributed by atoms with Gasteiger partial charge in [0.1, 0.15) is 0 Å². The second kappa shape index (κ2) is 3.07. The van der Waals surface area contributed by atoms with E-state index in [9.17, 15) is 18.5 Å². The molecule has 2 bridgehead atoms. The molecule has 1 aromatic carbocycles. The van der Waals surface area contributed by atoms with Crippen molar-refractivity contribution < 1.29 is 13.3 Å². The van der Waals surface area contributed by atoms with Crippen LogP contribution in [0.3, 0.4) is 0 Å². The van der Waals surface area contributed by atoms with Crippen LogP contribution >= 0.6 is 0 Å². The summed E-state index contributed by atoms with van der Waals surface area (Å²) in [7, 11) is -3.30. The molecule has 90 valence electrons. The van der Waals surface area contributed by atoms with Gasteiger partial charge in [-0.15, -0.1) is 0 Å². The zero-order chi connectivity index (χ0) is 12.3. The van der Waals surface area contributed by atoms with E-state index in [2.05, 4.69) is 0 Å². The molecule has 0 aliphatic heterocycles. The average Bonchev–Trinajstić information content (AvgIpc) is 2.12. The molecule has 0 unspecified atom stereocenters. The number of benzene rings is 1. The molecule has 6 heteroatoms. The molecule has 5 nitrogen and oxygen atoms in total. The molecular weight excluding hydrogens is 242 g/mol. The van der Waals surface area contributed by atoms with Gasteiger partial charge in [-0.3, -0.25) is 10.1 Å². The largest absolute Gasteiger partial charge is 0.269 e. The number of non-ortho nitro benzene ring substituents is 1. The maximum absolute atomic E-state index is 12.3. The van der Waals surface area contributed by atoms with Crippen molar-refractivity contribution in [3.63, 3.8) is 0 Å². The normalized spacial score (nSPS) is 30.2. The summed E-state index contributed by atoms with van der Waals surface area (Å²) < 4.78 is 24.0. The van der Waals surface area contributed by atoms with Crippen LogP contribution in [0.1, 0.15) is 19.3 Å². The van der Waals surface area contributed by atoms with E-state index in [4.69, 9.17) is 0 Å². The van der Waals surface area contributed by atoms with E-state index in [1.165, 1.54) is 24.3 Å². The lowest BCUT2D eigenvalue weighted by atomic mass is 9.55. The van der Waals surface area contributed by atoms with Crippen molar-refractivity contribution in [1.29, 1.82) is 0 Å². The lowest BCUT2D eigenvalue weighted by Crippen LogP contribution is -2.62. The smallest absolute Gasteiger partial charge is 0.258 e. The molecule has 3 aliphatic carbocycles. The summed E-state index contributed by atoms with van der Waals surface area (Å²) in [6, 6.07) is 5.18. The first-order valence-electron chi connectivity index (χ1n) is 5.44. The Morgan fingerprint density at radius 1 is 1.18 bits per heavy atom. The van der Waals surface area contributed by atoms with E-state index >= 15 is 0 Å². The van der Waals surface area contributed by atoms with Crippen LogP contribution in [0.5, 0.6) is 0 Å². The van der Waals surface area contributed by atoms with Gasteiger partial charge in [-0.1, -0.05) is 0 Å². The highest BCUT2D eigenvalue weighted by molar-refractivity contribution is 7.93. The highest BCUT2D eigenvalue weighted by Crippen LogP contribution is 2.63. The molecule has 0 saturated heterocycles. The van der Waals surface area contributed by atoms with Gasteiger partial charge in [0.2, 0.25) is 0 Å². The fourth-order valence-corrected chi connectivity index (χ4v) is 5.08. The number of nitro benzene ring substituents is 1. The zero-order valence-corrected chi connectivity index (χ0v) is 9.81. The molecule has 0 spiro atoms. The van der Waals surface area contributed by atoms with Crippen LogP contribution in [-0.2, 0) is 9.84 Å². The van der Waals surface area contributed by atoms with Crippen LogP contribution in [0.15, 0.2) is 29.2 Å². The van der Waals surface area contributed by atoms with Gasteiger partial charge in [0, 0.05) is 12.1 Å². The maximum atomic E-state index is 12.3. The molecule has 4 rings (SSSR count). The average molecular weight is 253 g/mol. The lowest BCUT2D eigenvalue weighted by Gasteiger charge is -2.60. The molecule has 3 fully saturated rings. The van der Waals surface area contributed by atoms with E-state index < -0.39 is 19.5 Å².